The van der Waals surface area contributed by atoms with Crippen molar-refractivity contribution in [2.45, 2.75) is 19.9 Å². The molecule has 0 aliphatic rings. The maximum Gasteiger partial charge on any atom is 0.261 e. The smallest absolute Gasteiger partial charge is 0.261 e. The highest BCUT2D eigenvalue weighted by atomic mass is 79.9. The second kappa shape index (κ2) is 5.80. The Kier molecular flexibility index (Phi) is 4.36. The first-order valence-corrected chi connectivity index (χ1v) is 7.78. The van der Waals surface area contributed by atoms with Crippen molar-refractivity contribution in [3.05, 3.63) is 42.7 Å². The fraction of sp³-hybridized carbons (Fsp3) is 0.250. The van der Waals surface area contributed by atoms with E-state index in [1.807, 2.05) is 23.6 Å². The maximum absolute atomic E-state index is 11.9. The van der Waals surface area contributed by atoms with Gasteiger partial charge in [0.2, 0.25) is 0 Å². The first-order valence-electron chi connectivity index (χ1n) is 5.29. The monoisotopic (exact) mass is 329 g/mol. The fourth-order valence-electron chi connectivity index (χ4n) is 1.43. The number of thiophene rings is 2. The molecule has 0 saturated carbocycles. The van der Waals surface area contributed by atoms with Gasteiger partial charge in [0.05, 0.1) is 11.4 Å². The highest BCUT2D eigenvalue weighted by Crippen LogP contribution is 2.27. The number of halogens is 1. The zero-order chi connectivity index (χ0) is 12.3. The van der Waals surface area contributed by atoms with Crippen LogP contribution in [-0.4, -0.2) is 5.91 Å². The van der Waals surface area contributed by atoms with Gasteiger partial charge in [-0.3, -0.25) is 4.79 Å². The first kappa shape index (κ1) is 12.8. The summed E-state index contributed by atoms with van der Waals surface area (Å²) in [7, 11) is 0. The number of carbonyl (C=O) groups excluding carboxylic acids is 1. The Balaban J connectivity index is 1.99. The van der Waals surface area contributed by atoms with Crippen LogP contribution in [0, 0.1) is 0 Å². The molecule has 2 aromatic rings. The summed E-state index contributed by atoms with van der Waals surface area (Å²) in [6.07, 6.45) is 0.948. The Labute approximate surface area is 117 Å². The molecule has 0 unspecified atom stereocenters. The summed E-state index contributed by atoms with van der Waals surface area (Å²) in [6.45, 7) is 2.69. The minimum Gasteiger partial charge on any atom is -0.346 e. The van der Waals surface area contributed by atoms with Crippen LogP contribution in [0.3, 0.4) is 0 Å². The molecule has 0 aromatic carbocycles. The van der Waals surface area contributed by atoms with Crippen LogP contribution < -0.4 is 5.32 Å². The van der Waals surface area contributed by atoms with Crippen LogP contribution in [0.4, 0.5) is 0 Å². The van der Waals surface area contributed by atoms with E-state index >= 15 is 0 Å². The second-order valence-corrected chi connectivity index (χ2v) is 6.52. The molecule has 0 radical (unpaired) electrons. The van der Waals surface area contributed by atoms with E-state index in [1.165, 1.54) is 9.75 Å². The van der Waals surface area contributed by atoms with E-state index in [2.05, 4.69) is 28.2 Å². The zero-order valence-electron chi connectivity index (χ0n) is 9.33. The normalized spacial score (nSPS) is 10.5. The molecular weight excluding hydrogens is 318 g/mol. The molecule has 2 aromatic heterocycles. The molecule has 0 aliphatic heterocycles. The van der Waals surface area contributed by atoms with Gasteiger partial charge in [-0.2, -0.15) is 0 Å². The highest BCUT2D eigenvalue weighted by Gasteiger charge is 2.12. The number of aryl methyl sites for hydroxylation is 1. The molecule has 1 amide bonds. The van der Waals surface area contributed by atoms with Crippen LogP contribution in [0.1, 0.15) is 26.3 Å². The third-order valence-corrected chi connectivity index (χ3v) is 5.43. The van der Waals surface area contributed by atoms with Gasteiger partial charge < -0.3 is 5.32 Å². The number of nitrogens with one attached hydrogen (secondary N) is 1. The molecule has 0 saturated heterocycles. The lowest BCUT2D eigenvalue weighted by Gasteiger charge is -2.00. The maximum atomic E-state index is 11.9. The van der Waals surface area contributed by atoms with E-state index in [9.17, 15) is 4.79 Å². The lowest BCUT2D eigenvalue weighted by Crippen LogP contribution is -2.21. The standard InChI is InChI=1S/C12H12BrNOS2/c1-2-10-9(13)6-11(17-10)12(15)14-7-8-4-3-5-16-8/h3-6H,2,7H2,1H3,(H,14,15). The molecule has 2 heterocycles. The van der Waals surface area contributed by atoms with Crippen molar-refractivity contribution in [1.29, 1.82) is 0 Å². The van der Waals surface area contributed by atoms with Crippen LogP contribution in [-0.2, 0) is 13.0 Å². The molecule has 2 nitrogen and oxygen atoms in total. The second-order valence-electron chi connectivity index (χ2n) is 3.50. The number of hydrogen-bond donors (Lipinski definition) is 1. The fourth-order valence-corrected chi connectivity index (χ4v) is 3.88. The van der Waals surface area contributed by atoms with Gasteiger partial charge in [-0.05, 0) is 39.9 Å². The van der Waals surface area contributed by atoms with Gasteiger partial charge in [0.1, 0.15) is 0 Å². The van der Waals surface area contributed by atoms with Crippen molar-refractivity contribution in [3.8, 4) is 0 Å². The average Bonchev–Trinajstić information content (AvgIpc) is 2.94. The van der Waals surface area contributed by atoms with Gasteiger partial charge >= 0.3 is 0 Å². The minimum atomic E-state index is 0.00352. The van der Waals surface area contributed by atoms with Crippen molar-refractivity contribution in [2.75, 3.05) is 0 Å². The molecular formula is C12H12BrNOS2. The number of rotatable bonds is 4. The SMILES string of the molecule is CCc1sc(C(=O)NCc2cccs2)cc1Br. The lowest BCUT2D eigenvalue weighted by atomic mass is 10.3. The summed E-state index contributed by atoms with van der Waals surface area (Å²) >= 11 is 6.67. The predicted molar refractivity (Wildman–Crippen MR) is 76.9 cm³/mol. The quantitative estimate of drug-likeness (QED) is 0.900. The first-order chi connectivity index (χ1) is 8.20. The predicted octanol–water partition coefficient (Wildman–Crippen LogP) is 4.06. The number of carbonyl (C=O) groups is 1. The van der Waals surface area contributed by atoms with Crippen LogP contribution in [0.25, 0.3) is 0 Å². The summed E-state index contributed by atoms with van der Waals surface area (Å²) in [6, 6.07) is 5.91. The molecule has 0 bridgehead atoms. The van der Waals surface area contributed by atoms with Gasteiger partial charge in [-0.15, -0.1) is 22.7 Å². The van der Waals surface area contributed by atoms with E-state index in [0.29, 0.717) is 6.54 Å². The van der Waals surface area contributed by atoms with Crippen molar-refractivity contribution in [2.24, 2.45) is 0 Å². The molecule has 0 fully saturated rings. The summed E-state index contributed by atoms with van der Waals surface area (Å²) in [5.41, 5.74) is 0. The van der Waals surface area contributed by atoms with Crippen molar-refractivity contribution < 1.29 is 4.79 Å². The van der Waals surface area contributed by atoms with Gasteiger partial charge in [0.25, 0.3) is 5.91 Å². The third-order valence-electron chi connectivity index (χ3n) is 2.31. The Morgan fingerprint density at radius 3 is 2.94 bits per heavy atom. The molecule has 1 N–H and O–H groups in total. The zero-order valence-corrected chi connectivity index (χ0v) is 12.5. The summed E-state index contributed by atoms with van der Waals surface area (Å²) < 4.78 is 1.03. The van der Waals surface area contributed by atoms with Gasteiger partial charge in [-0.1, -0.05) is 13.0 Å². The Morgan fingerprint density at radius 1 is 1.53 bits per heavy atom. The molecule has 5 heteroatoms. The summed E-state index contributed by atoms with van der Waals surface area (Å²) in [5.74, 6) is 0.00352. The van der Waals surface area contributed by atoms with Crippen LogP contribution >= 0.6 is 38.6 Å². The summed E-state index contributed by atoms with van der Waals surface area (Å²) in [5, 5.41) is 4.94. The topological polar surface area (TPSA) is 29.1 Å². The molecule has 0 aliphatic carbocycles. The Morgan fingerprint density at radius 2 is 2.35 bits per heavy atom. The van der Waals surface area contributed by atoms with Gasteiger partial charge in [-0.25, -0.2) is 0 Å². The number of amides is 1. The lowest BCUT2D eigenvalue weighted by molar-refractivity contribution is 0.0955. The van der Waals surface area contributed by atoms with Crippen LogP contribution in [0.2, 0.25) is 0 Å². The van der Waals surface area contributed by atoms with Crippen LogP contribution in [0.15, 0.2) is 28.1 Å². The van der Waals surface area contributed by atoms with E-state index < -0.39 is 0 Å². The largest absolute Gasteiger partial charge is 0.346 e. The Hall–Kier alpha value is -0.650. The Bertz CT molecular complexity index is 505. The third kappa shape index (κ3) is 3.18. The van der Waals surface area contributed by atoms with E-state index in [0.717, 1.165) is 15.8 Å². The van der Waals surface area contributed by atoms with E-state index in [-0.39, 0.29) is 5.91 Å². The van der Waals surface area contributed by atoms with E-state index in [1.54, 1.807) is 22.7 Å². The van der Waals surface area contributed by atoms with Crippen LogP contribution in [0.5, 0.6) is 0 Å². The van der Waals surface area contributed by atoms with Crippen molar-refractivity contribution >= 4 is 44.5 Å². The van der Waals surface area contributed by atoms with Crippen molar-refractivity contribution in [3.63, 3.8) is 0 Å². The molecule has 0 spiro atoms. The average molecular weight is 330 g/mol. The molecule has 90 valence electrons. The minimum absolute atomic E-state index is 0.00352. The molecule has 17 heavy (non-hydrogen) atoms. The highest BCUT2D eigenvalue weighted by molar-refractivity contribution is 9.10. The molecule has 0 atom stereocenters. The summed E-state index contributed by atoms with van der Waals surface area (Å²) in [4.78, 5) is 15.1. The van der Waals surface area contributed by atoms with E-state index in [4.69, 9.17) is 0 Å². The van der Waals surface area contributed by atoms with Crippen molar-refractivity contribution in [1.82, 2.24) is 5.32 Å². The van der Waals surface area contributed by atoms with Gasteiger partial charge in [0, 0.05) is 14.2 Å². The number of hydrogen-bond acceptors (Lipinski definition) is 3. The van der Waals surface area contributed by atoms with Gasteiger partial charge in [0.15, 0.2) is 0 Å². The molecule has 2 rings (SSSR count).